The van der Waals surface area contributed by atoms with E-state index in [-0.39, 0.29) is 6.10 Å². The molecule has 2 aliphatic rings. The molecule has 0 bridgehead atoms. The van der Waals surface area contributed by atoms with E-state index in [9.17, 15) is 5.11 Å². The van der Waals surface area contributed by atoms with Crippen molar-refractivity contribution < 1.29 is 9.52 Å². The highest BCUT2D eigenvalue weighted by atomic mass is 16.3. The Hall–Kier alpha value is -1.58. The number of benzene rings is 1. The predicted molar refractivity (Wildman–Crippen MR) is 95.6 cm³/mol. The molecular formula is C21H27NO2. The molecule has 24 heavy (non-hydrogen) atoms. The van der Waals surface area contributed by atoms with Gasteiger partial charge < -0.3 is 9.52 Å². The molecule has 2 aromatic rings. The molecule has 0 amide bonds. The molecule has 2 unspecified atom stereocenters. The summed E-state index contributed by atoms with van der Waals surface area (Å²) in [6.07, 6.45) is 4.48. The number of hydrogen-bond acceptors (Lipinski definition) is 3. The Morgan fingerprint density at radius 2 is 1.83 bits per heavy atom. The van der Waals surface area contributed by atoms with Gasteiger partial charge in [0.05, 0.1) is 6.10 Å². The summed E-state index contributed by atoms with van der Waals surface area (Å²) in [5.74, 6) is 3.38. The minimum absolute atomic E-state index is 0.0420. The monoisotopic (exact) mass is 325 g/mol. The smallest absolute Gasteiger partial charge is 0.134 e. The topological polar surface area (TPSA) is 36.6 Å². The van der Waals surface area contributed by atoms with Crippen molar-refractivity contribution in [2.75, 3.05) is 7.05 Å². The van der Waals surface area contributed by atoms with Crippen LogP contribution in [0.1, 0.15) is 37.0 Å². The number of hydrogen-bond donors (Lipinski definition) is 1. The van der Waals surface area contributed by atoms with Crippen molar-refractivity contribution in [1.82, 2.24) is 4.90 Å². The van der Waals surface area contributed by atoms with Crippen molar-refractivity contribution in [3.05, 3.63) is 47.7 Å². The lowest BCUT2D eigenvalue weighted by atomic mass is 10.0. The molecule has 128 valence electrons. The Labute approximate surface area is 144 Å². The van der Waals surface area contributed by atoms with Crippen LogP contribution < -0.4 is 0 Å². The van der Waals surface area contributed by atoms with Crippen molar-refractivity contribution in [1.29, 1.82) is 0 Å². The van der Waals surface area contributed by atoms with Gasteiger partial charge in [0.25, 0.3) is 0 Å². The third-order valence-corrected chi connectivity index (χ3v) is 5.97. The molecule has 0 radical (unpaired) electrons. The molecule has 0 spiro atoms. The van der Waals surface area contributed by atoms with Gasteiger partial charge in [-0.2, -0.15) is 0 Å². The Bertz CT molecular complexity index is 693. The van der Waals surface area contributed by atoms with Crippen LogP contribution in [-0.4, -0.2) is 29.2 Å². The lowest BCUT2D eigenvalue weighted by Crippen LogP contribution is -2.29. The zero-order valence-corrected chi connectivity index (χ0v) is 14.6. The highest BCUT2D eigenvalue weighted by Gasteiger charge is 2.42. The Balaban J connectivity index is 1.42. The van der Waals surface area contributed by atoms with E-state index in [1.165, 1.54) is 18.4 Å². The van der Waals surface area contributed by atoms with Crippen LogP contribution >= 0.6 is 0 Å². The molecule has 0 saturated heterocycles. The molecule has 2 saturated carbocycles. The number of furan rings is 1. The second-order valence-electron chi connectivity index (χ2n) is 7.80. The first-order valence-corrected chi connectivity index (χ1v) is 9.12. The number of aryl methyl sites for hydroxylation is 1. The molecule has 3 heteroatoms. The quantitative estimate of drug-likeness (QED) is 0.913. The highest BCUT2D eigenvalue weighted by Crippen LogP contribution is 2.45. The summed E-state index contributed by atoms with van der Waals surface area (Å²) < 4.78 is 5.75. The molecule has 2 aliphatic carbocycles. The van der Waals surface area contributed by atoms with Gasteiger partial charge in [-0.05, 0) is 75.3 Å². The van der Waals surface area contributed by atoms with E-state index in [2.05, 4.69) is 36.2 Å². The van der Waals surface area contributed by atoms with Crippen LogP contribution in [0.4, 0.5) is 0 Å². The number of rotatable bonds is 4. The van der Waals surface area contributed by atoms with E-state index in [4.69, 9.17) is 4.42 Å². The van der Waals surface area contributed by atoms with Gasteiger partial charge in [-0.1, -0.05) is 18.2 Å². The van der Waals surface area contributed by atoms with Crippen LogP contribution in [0.2, 0.25) is 0 Å². The first kappa shape index (κ1) is 15.9. The molecule has 1 N–H and O–H groups in total. The minimum atomic E-state index is -0.0420. The van der Waals surface area contributed by atoms with Gasteiger partial charge in [-0.15, -0.1) is 0 Å². The third-order valence-electron chi connectivity index (χ3n) is 5.97. The zero-order valence-electron chi connectivity index (χ0n) is 14.6. The Morgan fingerprint density at radius 3 is 2.50 bits per heavy atom. The van der Waals surface area contributed by atoms with Crippen molar-refractivity contribution >= 4 is 0 Å². The lowest BCUT2D eigenvalue weighted by Gasteiger charge is -2.25. The van der Waals surface area contributed by atoms with Crippen molar-refractivity contribution in [3.8, 4) is 11.3 Å². The summed E-state index contributed by atoms with van der Waals surface area (Å²) in [5, 5.41) is 9.81. The van der Waals surface area contributed by atoms with Gasteiger partial charge in [0.1, 0.15) is 11.5 Å². The summed E-state index contributed by atoms with van der Waals surface area (Å²) in [6, 6.07) is 13.4. The molecule has 2 fully saturated rings. The standard InChI is InChI=1S/C21H27NO2/c1-14-6-7-21(24-14)16-5-3-4-15(8-16)13-22(2)19-9-17-11-20(23)12-18(17)10-19/h3-8,17-20,23H,9-13H2,1-2H3/t17-,18+,19?,20?. The van der Waals surface area contributed by atoms with E-state index in [0.717, 1.165) is 48.3 Å². The van der Waals surface area contributed by atoms with Crippen LogP contribution in [0.25, 0.3) is 11.3 Å². The van der Waals surface area contributed by atoms with Crippen LogP contribution in [0, 0.1) is 18.8 Å². The zero-order chi connectivity index (χ0) is 16.7. The van der Waals surface area contributed by atoms with E-state index in [1.54, 1.807) is 0 Å². The SMILES string of the molecule is Cc1ccc(-c2cccc(CN(C)C3C[C@H]4CC(O)C[C@H]4C3)c2)o1. The van der Waals surface area contributed by atoms with Crippen LogP contribution in [0.3, 0.4) is 0 Å². The number of aliphatic hydroxyl groups is 1. The van der Waals surface area contributed by atoms with Gasteiger partial charge >= 0.3 is 0 Å². The fourth-order valence-corrected chi connectivity index (χ4v) is 4.74. The van der Waals surface area contributed by atoms with Gasteiger partial charge in [0, 0.05) is 18.2 Å². The van der Waals surface area contributed by atoms with E-state index >= 15 is 0 Å². The number of fused-ring (bicyclic) bond motifs is 1. The highest BCUT2D eigenvalue weighted by molar-refractivity contribution is 5.58. The molecule has 1 aromatic carbocycles. The third kappa shape index (κ3) is 3.15. The van der Waals surface area contributed by atoms with Crippen LogP contribution in [0.15, 0.2) is 40.8 Å². The largest absolute Gasteiger partial charge is 0.461 e. The average molecular weight is 325 g/mol. The average Bonchev–Trinajstić information content (AvgIpc) is 3.22. The van der Waals surface area contributed by atoms with E-state index in [0.29, 0.717) is 6.04 Å². The summed E-state index contributed by atoms with van der Waals surface area (Å²) in [7, 11) is 2.24. The lowest BCUT2D eigenvalue weighted by molar-refractivity contribution is 0.158. The summed E-state index contributed by atoms with van der Waals surface area (Å²) >= 11 is 0. The minimum Gasteiger partial charge on any atom is -0.461 e. The molecule has 1 heterocycles. The maximum atomic E-state index is 9.81. The second-order valence-corrected chi connectivity index (χ2v) is 7.80. The summed E-state index contributed by atoms with van der Waals surface area (Å²) in [4.78, 5) is 2.50. The molecular weight excluding hydrogens is 298 g/mol. The maximum Gasteiger partial charge on any atom is 0.134 e. The second kappa shape index (κ2) is 6.38. The first-order chi connectivity index (χ1) is 11.6. The molecule has 4 rings (SSSR count). The van der Waals surface area contributed by atoms with E-state index in [1.807, 2.05) is 19.1 Å². The van der Waals surface area contributed by atoms with Gasteiger partial charge in [-0.25, -0.2) is 0 Å². The molecule has 0 aliphatic heterocycles. The van der Waals surface area contributed by atoms with Crippen molar-refractivity contribution in [3.63, 3.8) is 0 Å². The van der Waals surface area contributed by atoms with Gasteiger partial charge in [0.15, 0.2) is 0 Å². The van der Waals surface area contributed by atoms with Gasteiger partial charge in [0.2, 0.25) is 0 Å². The molecule has 3 nitrogen and oxygen atoms in total. The van der Waals surface area contributed by atoms with Crippen molar-refractivity contribution in [2.24, 2.45) is 11.8 Å². The molecule has 4 atom stereocenters. The Kier molecular flexibility index (Phi) is 4.23. The number of aliphatic hydroxyl groups excluding tert-OH is 1. The Morgan fingerprint density at radius 1 is 1.08 bits per heavy atom. The summed E-state index contributed by atoms with van der Waals surface area (Å²) in [5.41, 5.74) is 2.49. The van der Waals surface area contributed by atoms with Crippen LogP contribution in [0.5, 0.6) is 0 Å². The van der Waals surface area contributed by atoms with Gasteiger partial charge in [-0.3, -0.25) is 4.90 Å². The van der Waals surface area contributed by atoms with E-state index < -0.39 is 0 Å². The maximum absolute atomic E-state index is 9.81. The predicted octanol–water partition coefficient (Wildman–Crippen LogP) is 4.24. The first-order valence-electron chi connectivity index (χ1n) is 9.12. The summed E-state index contributed by atoms with van der Waals surface area (Å²) in [6.45, 7) is 2.95. The van der Waals surface area contributed by atoms with Crippen LogP contribution in [-0.2, 0) is 6.54 Å². The number of nitrogens with zero attached hydrogens (tertiary/aromatic N) is 1. The van der Waals surface area contributed by atoms with Crippen molar-refractivity contribution in [2.45, 2.75) is 51.3 Å². The fourth-order valence-electron chi connectivity index (χ4n) is 4.74. The normalized spacial score (nSPS) is 29.3. The molecule has 1 aromatic heterocycles. The fraction of sp³-hybridized carbons (Fsp3) is 0.524.